The fourth-order valence-electron chi connectivity index (χ4n) is 2.85. The molecule has 10 heteroatoms. The topological polar surface area (TPSA) is 137 Å². The molecule has 0 aliphatic heterocycles. The largest absolute Gasteiger partial charge is 0.288 e. The van der Waals surface area contributed by atoms with Crippen LogP contribution < -0.4 is 21.7 Å². The first-order valence-electron chi connectivity index (χ1n) is 12.1. The lowest BCUT2D eigenvalue weighted by molar-refractivity contribution is 0.0844. The zero-order chi connectivity index (χ0) is 28.3. The predicted octanol–water partition coefficient (Wildman–Crippen LogP) is 5.05. The molecule has 3 amide bonds. The summed E-state index contributed by atoms with van der Waals surface area (Å²) >= 11 is 0. The zero-order valence-corrected chi connectivity index (χ0v) is 22.6. The first-order chi connectivity index (χ1) is 18.3. The van der Waals surface area contributed by atoms with Crippen molar-refractivity contribution in [2.75, 3.05) is 0 Å². The second kappa shape index (κ2) is 17.6. The number of nitrogens with one attached hydrogen (secondary N) is 4. The molecule has 3 aromatic rings. The van der Waals surface area contributed by atoms with Crippen molar-refractivity contribution in [3.8, 4) is 0 Å². The van der Waals surface area contributed by atoms with Crippen LogP contribution in [-0.2, 0) is 0 Å². The number of carbonyl (C=O) groups is 3. The molecule has 0 bridgehead atoms. The van der Waals surface area contributed by atoms with Crippen molar-refractivity contribution in [3.05, 3.63) is 107 Å². The first kappa shape index (κ1) is 31.2. The van der Waals surface area contributed by atoms with Crippen LogP contribution in [0.1, 0.15) is 75.9 Å². The molecule has 0 saturated carbocycles. The van der Waals surface area contributed by atoms with Gasteiger partial charge >= 0.3 is 0 Å². The van der Waals surface area contributed by atoms with Crippen LogP contribution in [0.25, 0.3) is 0 Å². The molecule has 38 heavy (non-hydrogen) atoms. The number of hydrogen-bond acceptors (Lipinski definition) is 7. The number of amides is 3. The lowest BCUT2D eigenvalue weighted by Gasteiger charge is -2.08. The van der Waals surface area contributed by atoms with Crippen molar-refractivity contribution in [1.29, 1.82) is 0 Å². The molecular formula is C28H43N7O3. The molecule has 10 nitrogen and oxygen atoms in total. The maximum absolute atomic E-state index is 11.9. The molecule has 0 aliphatic carbocycles. The zero-order valence-electron chi connectivity index (χ0n) is 22.6. The van der Waals surface area contributed by atoms with Crippen LogP contribution in [0.4, 0.5) is 0 Å². The second-order valence-corrected chi connectivity index (χ2v) is 7.35. The van der Waals surface area contributed by atoms with Gasteiger partial charge in [-0.2, -0.15) is 0 Å². The Bertz CT molecular complexity index is 1230. The van der Waals surface area contributed by atoms with Crippen molar-refractivity contribution in [2.24, 2.45) is 4.99 Å². The Morgan fingerprint density at radius 1 is 0.737 bits per heavy atom. The minimum atomic E-state index is -0.455. The minimum Gasteiger partial charge on any atom is -0.282 e. The highest BCUT2D eigenvalue weighted by atomic mass is 16.2. The smallest absolute Gasteiger partial charge is 0.282 e. The fourth-order valence-corrected chi connectivity index (χ4v) is 2.85. The van der Waals surface area contributed by atoms with E-state index in [1.165, 1.54) is 6.20 Å². The summed E-state index contributed by atoms with van der Waals surface area (Å²) < 4.78 is 0. The summed E-state index contributed by atoms with van der Waals surface area (Å²) in [6.07, 6.45) is 6.46. The third kappa shape index (κ3) is 11.3. The normalized spacial score (nSPS) is 10.2. The van der Waals surface area contributed by atoms with Crippen LogP contribution in [0, 0.1) is 13.8 Å². The standard InChI is InChI=1S/C15H15N3O2.C11H14N4O.C2H6.4H2/c1-10-7-11(2)9-12(8-10)14(19)17-18-15(20)13-5-3-4-6-16-13;1-3-10(12-4-2)14-15-11(16)9-7-5-6-8-13-9;1-2;;;;/h3-9H,1-2H3,(H,17,19)(H,18,20);3-8,14H,1-2H3,(H,15,16);1-2H3;4*1H/b;10-3+,12-4-;;;;;. The predicted molar refractivity (Wildman–Crippen MR) is 158 cm³/mol. The van der Waals surface area contributed by atoms with Gasteiger partial charge in [0.2, 0.25) is 0 Å². The number of aryl methyl sites for hydroxylation is 2. The average molecular weight is 526 g/mol. The number of carbonyl (C=O) groups excluding carboxylic acids is 3. The van der Waals surface area contributed by atoms with Crippen LogP contribution >= 0.6 is 0 Å². The van der Waals surface area contributed by atoms with Crippen LogP contribution in [-0.4, -0.2) is 33.9 Å². The summed E-state index contributed by atoms with van der Waals surface area (Å²) in [5, 5.41) is 0. The van der Waals surface area contributed by atoms with Gasteiger partial charge in [0.05, 0.1) is 0 Å². The van der Waals surface area contributed by atoms with Gasteiger partial charge < -0.3 is 0 Å². The summed E-state index contributed by atoms with van der Waals surface area (Å²) in [6.45, 7) is 11.4. The summed E-state index contributed by atoms with van der Waals surface area (Å²) in [7, 11) is 0. The maximum Gasteiger partial charge on any atom is 0.288 e. The van der Waals surface area contributed by atoms with Gasteiger partial charge in [0.1, 0.15) is 17.2 Å². The Kier molecular flexibility index (Phi) is 14.4. The van der Waals surface area contributed by atoms with E-state index in [2.05, 4.69) is 36.7 Å². The highest BCUT2D eigenvalue weighted by Crippen LogP contribution is 2.08. The number of pyridine rings is 2. The van der Waals surface area contributed by atoms with Gasteiger partial charge in [0, 0.05) is 29.9 Å². The Morgan fingerprint density at radius 3 is 1.63 bits per heavy atom. The van der Waals surface area contributed by atoms with E-state index in [-0.39, 0.29) is 23.2 Å². The molecule has 0 aliphatic rings. The van der Waals surface area contributed by atoms with Gasteiger partial charge in [0.25, 0.3) is 17.7 Å². The van der Waals surface area contributed by atoms with Crippen molar-refractivity contribution < 1.29 is 20.1 Å². The molecular weight excluding hydrogens is 482 g/mol. The Labute approximate surface area is 229 Å². The quantitative estimate of drug-likeness (QED) is 0.262. The van der Waals surface area contributed by atoms with Gasteiger partial charge in [-0.05, 0) is 70.2 Å². The molecule has 0 spiro atoms. The van der Waals surface area contributed by atoms with Gasteiger partial charge in [-0.15, -0.1) is 0 Å². The van der Waals surface area contributed by atoms with E-state index in [0.717, 1.165) is 11.1 Å². The van der Waals surface area contributed by atoms with E-state index in [1.54, 1.807) is 73.9 Å². The second-order valence-electron chi connectivity index (χ2n) is 7.35. The van der Waals surface area contributed by atoms with Crippen LogP contribution in [0.3, 0.4) is 0 Å². The van der Waals surface area contributed by atoms with Gasteiger partial charge in [-0.3, -0.25) is 46.1 Å². The Morgan fingerprint density at radius 2 is 1.21 bits per heavy atom. The average Bonchev–Trinajstić information content (AvgIpc) is 2.95. The monoisotopic (exact) mass is 525 g/mol. The number of rotatable bonds is 6. The molecule has 0 radical (unpaired) electrons. The SMILES string of the molecule is C/C=N\C(=C/C)NNC(=O)c1ccccn1.CC.Cc1cc(C)cc(C(=O)NNC(=O)c2ccccn2)c1.[HH].[HH].[HH].[HH]. The van der Waals surface area contributed by atoms with Gasteiger partial charge in [-0.25, -0.2) is 4.99 Å². The lowest BCUT2D eigenvalue weighted by Crippen LogP contribution is -2.41. The molecule has 3 rings (SSSR count). The third-order valence-corrected chi connectivity index (χ3v) is 4.41. The number of allylic oxidation sites excluding steroid dienone is 1. The van der Waals surface area contributed by atoms with E-state index in [9.17, 15) is 14.4 Å². The van der Waals surface area contributed by atoms with Crippen molar-refractivity contribution in [2.45, 2.75) is 41.5 Å². The first-order valence-corrected chi connectivity index (χ1v) is 12.1. The highest BCUT2D eigenvalue weighted by Gasteiger charge is 2.10. The van der Waals surface area contributed by atoms with Crippen LogP contribution in [0.2, 0.25) is 0 Å². The molecule has 0 unspecified atom stereocenters. The summed E-state index contributed by atoms with van der Waals surface area (Å²) in [6, 6.07) is 15.6. The maximum atomic E-state index is 11.9. The molecule has 0 fully saturated rings. The molecule has 0 atom stereocenters. The number of hydrogen-bond donors (Lipinski definition) is 4. The van der Waals surface area contributed by atoms with Crippen molar-refractivity contribution >= 4 is 23.9 Å². The molecule has 4 N–H and O–H groups in total. The van der Waals surface area contributed by atoms with Crippen molar-refractivity contribution in [3.63, 3.8) is 0 Å². The Hall–Kier alpha value is -4.86. The number of benzene rings is 1. The highest BCUT2D eigenvalue weighted by molar-refractivity contribution is 5.98. The lowest BCUT2D eigenvalue weighted by atomic mass is 10.1. The number of nitrogens with zero attached hydrogens (tertiary/aromatic N) is 3. The van der Waals surface area contributed by atoms with E-state index >= 15 is 0 Å². The number of aromatic nitrogens is 2. The molecule has 1 aromatic carbocycles. The van der Waals surface area contributed by atoms with E-state index in [4.69, 9.17) is 0 Å². The summed E-state index contributed by atoms with van der Waals surface area (Å²) in [4.78, 5) is 47.0. The van der Waals surface area contributed by atoms with Crippen LogP contribution in [0.5, 0.6) is 0 Å². The fraction of sp³-hybridized carbons (Fsp3) is 0.214. The van der Waals surface area contributed by atoms with Gasteiger partial charge in [0.15, 0.2) is 0 Å². The third-order valence-electron chi connectivity index (χ3n) is 4.41. The van der Waals surface area contributed by atoms with Gasteiger partial charge in [-0.1, -0.05) is 43.2 Å². The Balaban J connectivity index is -0.000000303. The number of hydrazine groups is 2. The molecule has 208 valence electrons. The summed E-state index contributed by atoms with van der Waals surface area (Å²) in [5.74, 6) is -0.539. The van der Waals surface area contributed by atoms with E-state index in [0.29, 0.717) is 17.1 Å². The van der Waals surface area contributed by atoms with Crippen LogP contribution in [0.15, 0.2) is 83.9 Å². The summed E-state index contributed by atoms with van der Waals surface area (Å²) in [5.41, 5.74) is 13.0. The molecule has 2 aromatic heterocycles. The number of aliphatic imine (C=N–C) groups is 1. The van der Waals surface area contributed by atoms with E-state index < -0.39 is 5.91 Å². The molecule has 0 saturated heterocycles. The van der Waals surface area contributed by atoms with E-state index in [1.807, 2.05) is 40.7 Å². The minimum absolute atomic E-state index is 0. The van der Waals surface area contributed by atoms with Crippen molar-refractivity contribution in [1.82, 2.24) is 31.7 Å². The molecule has 2 heterocycles.